The van der Waals surface area contributed by atoms with Gasteiger partial charge >= 0.3 is 0 Å². The van der Waals surface area contributed by atoms with Crippen molar-refractivity contribution in [2.45, 2.75) is 25.8 Å². The third-order valence-electron chi connectivity index (χ3n) is 2.98. The van der Waals surface area contributed by atoms with E-state index in [2.05, 4.69) is 22.9 Å². The Morgan fingerprint density at radius 3 is 2.64 bits per heavy atom. The molecule has 1 aromatic heterocycles. The maximum Gasteiger partial charge on any atom is 0.123 e. The van der Waals surface area contributed by atoms with Gasteiger partial charge in [0.15, 0.2) is 0 Å². The highest BCUT2D eigenvalue weighted by Gasteiger charge is 2.19. The Morgan fingerprint density at radius 2 is 2.07 bits per heavy atom. The fraction of sp³-hybridized carbons (Fsp3) is 0.545. The standard InChI is InChI=1S/C11H17N3/c1-9(14-6-2-3-7-14)10-4-5-11(12)13-8-10/h4-5,8-9H,2-3,6-7H2,1H3,(H2,12,13). The van der Waals surface area contributed by atoms with E-state index in [9.17, 15) is 0 Å². The molecule has 1 unspecified atom stereocenters. The van der Waals surface area contributed by atoms with Crippen LogP contribution >= 0.6 is 0 Å². The third-order valence-corrected chi connectivity index (χ3v) is 2.98. The Bertz CT molecular complexity index is 288. The Morgan fingerprint density at radius 1 is 1.36 bits per heavy atom. The van der Waals surface area contributed by atoms with Gasteiger partial charge in [0.05, 0.1) is 0 Å². The molecule has 1 aromatic rings. The first-order valence-corrected chi connectivity index (χ1v) is 5.23. The van der Waals surface area contributed by atoms with Crippen LogP contribution in [0.5, 0.6) is 0 Å². The number of nitrogens with zero attached hydrogens (tertiary/aromatic N) is 2. The van der Waals surface area contributed by atoms with E-state index in [1.54, 1.807) is 0 Å². The van der Waals surface area contributed by atoms with E-state index >= 15 is 0 Å². The van der Waals surface area contributed by atoms with Crippen LogP contribution in [-0.4, -0.2) is 23.0 Å². The Kier molecular flexibility index (Phi) is 2.68. The molecule has 1 aliphatic heterocycles. The molecule has 0 spiro atoms. The Labute approximate surface area is 84.9 Å². The summed E-state index contributed by atoms with van der Waals surface area (Å²) in [5, 5.41) is 0. The van der Waals surface area contributed by atoms with Gasteiger partial charge in [-0.15, -0.1) is 0 Å². The third kappa shape index (κ3) is 1.87. The van der Waals surface area contributed by atoms with Crippen LogP contribution in [0.3, 0.4) is 0 Å². The lowest BCUT2D eigenvalue weighted by Gasteiger charge is -2.23. The number of rotatable bonds is 2. The summed E-state index contributed by atoms with van der Waals surface area (Å²) < 4.78 is 0. The molecular weight excluding hydrogens is 174 g/mol. The average molecular weight is 191 g/mol. The van der Waals surface area contributed by atoms with Gasteiger partial charge in [-0.3, -0.25) is 4.90 Å². The fourth-order valence-electron chi connectivity index (χ4n) is 2.00. The van der Waals surface area contributed by atoms with Gasteiger partial charge in [-0.1, -0.05) is 6.07 Å². The highest BCUT2D eigenvalue weighted by molar-refractivity contribution is 5.30. The molecule has 14 heavy (non-hydrogen) atoms. The Balaban J connectivity index is 2.09. The molecule has 1 fully saturated rings. The fourth-order valence-corrected chi connectivity index (χ4v) is 2.00. The molecular formula is C11H17N3. The summed E-state index contributed by atoms with van der Waals surface area (Å²) >= 11 is 0. The van der Waals surface area contributed by atoms with Gasteiger partial charge in [0, 0.05) is 12.2 Å². The maximum absolute atomic E-state index is 5.56. The molecule has 0 aliphatic carbocycles. The van der Waals surface area contributed by atoms with Crippen molar-refractivity contribution >= 4 is 5.82 Å². The first-order valence-electron chi connectivity index (χ1n) is 5.23. The molecule has 1 aliphatic rings. The van der Waals surface area contributed by atoms with Gasteiger partial charge in [-0.05, 0) is 44.5 Å². The summed E-state index contributed by atoms with van der Waals surface area (Å²) in [7, 11) is 0. The molecule has 1 saturated heterocycles. The lowest BCUT2D eigenvalue weighted by molar-refractivity contribution is 0.263. The van der Waals surface area contributed by atoms with E-state index in [0.29, 0.717) is 11.9 Å². The van der Waals surface area contributed by atoms with Gasteiger partial charge < -0.3 is 5.73 Å². The molecule has 76 valence electrons. The predicted molar refractivity (Wildman–Crippen MR) is 57.9 cm³/mol. The molecule has 1 atom stereocenters. The summed E-state index contributed by atoms with van der Waals surface area (Å²) in [6.45, 7) is 4.66. The molecule has 0 aromatic carbocycles. The van der Waals surface area contributed by atoms with E-state index < -0.39 is 0 Å². The topological polar surface area (TPSA) is 42.1 Å². The van der Waals surface area contributed by atoms with E-state index in [4.69, 9.17) is 5.73 Å². The summed E-state index contributed by atoms with van der Waals surface area (Å²) in [4.78, 5) is 6.62. The zero-order valence-electron chi connectivity index (χ0n) is 8.61. The number of hydrogen-bond donors (Lipinski definition) is 1. The number of aromatic nitrogens is 1. The van der Waals surface area contributed by atoms with E-state index in [1.807, 2.05) is 12.3 Å². The van der Waals surface area contributed by atoms with Crippen LogP contribution in [0.25, 0.3) is 0 Å². The lowest BCUT2D eigenvalue weighted by atomic mass is 10.1. The van der Waals surface area contributed by atoms with E-state index in [1.165, 1.54) is 31.5 Å². The van der Waals surface area contributed by atoms with E-state index in [0.717, 1.165) is 0 Å². The molecule has 2 heterocycles. The Hall–Kier alpha value is -1.09. The predicted octanol–water partition coefficient (Wildman–Crippen LogP) is 1.82. The second-order valence-electron chi connectivity index (χ2n) is 3.94. The zero-order valence-corrected chi connectivity index (χ0v) is 8.61. The van der Waals surface area contributed by atoms with Crippen LogP contribution in [-0.2, 0) is 0 Å². The second-order valence-corrected chi connectivity index (χ2v) is 3.94. The van der Waals surface area contributed by atoms with Crippen LogP contribution in [0.4, 0.5) is 5.82 Å². The molecule has 0 amide bonds. The molecule has 0 bridgehead atoms. The van der Waals surface area contributed by atoms with Crippen molar-refractivity contribution in [3.05, 3.63) is 23.9 Å². The SMILES string of the molecule is CC(c1ccc(N)nc1)N1CCCC1. The minimum absolute atomic E-state index is 0.477. The quantitative estimate of drug-likeness (QED) is 0.775. The summed E-state index contributed by atoms with van der Waals surface area (Å²) in [6, 6.07) is 4.43. The molecule has 0 radical (unpaired) electrons. The van der Waals surface area contributed by atoms with Gasteiger partial charge in [0.25, 0.3) is 0 Å². The van der Waals surface area contributed by atoms with Crippen LogP contribution in [0.2, 0.25) is 0 Å². The van der Waals surface area contributed by atoms with Crippen LogP contribution in [0.15, 0.2) is 18.3 Å². The maximum atomic E-state index is 5.56. The lowest BCUT2D eigenvalue weighted by Crippen LogP contribution is -2.23. The average Bonchev–Trinajstić information content (AvgIpc) is 2.71. The number of hydrogen-bond acceptors (Lipinski definition) is 3. The number of nitrogens with two attached hydrogens (primary N) is 1. The van der Waals surface area contributed by atoms with Crippen molar-refractivity contribution in [3.8, 4) is 0 Å². The summed E-state index contributed by atoms with van der Waals surface area (Å²) in [5.74, 6) is 0.599. The van der Waals surface area contributed by atoms with Gasteiger partial charge in [0.1, 0.15) is 5.82 Å². The van der Waals surface area contributed by atoms with Crippen molar-refractivity contribution in [1.29, 1.82) is 0 Å². The van der Waals surface area contributed by atoms with E-state index in [-0.39, 0.29) is 0 Å². The summed E-state index contributed by atoms with van der Waals surface area (Å²) in [5.41, 5.74) is 6.82. The van der Waals surface area contributed by atoms with Gasteiger partial charge in [-0.2, -0.15) is 0 Å². The first kappa shape index (κ1) is 9.46. The smallest absolute Gasteiger partial charge is 0.123 e. The van der Waals surface area contributed by atoms with Gasteiger partial charge in [0.2, 0.25) is 0 Å². The van der Waals surface area contributed by atoms with Crippen LogP contribution in [0.1, 0.15) is 31.4 Å². The van der Waals surface area contributed by atoms with Crippen LogP contribution < -0.4 is 5.73 Å². The van der Waals surface area contributed by atoms with Crippen molar-refractivity contribution < 1.29 is 0 Å². The number of anilines is 1. The molecule has 3 heteroatoms. The monoisotopic (exact) mass is 191 g/mol. The summed E-state index contributed by atoms with van der Waals surface area (Å²) in [6.07, 6.45) is 4.54. The van der Waals surface area contributed by atoms with Crippen molar-refractivity contribution in [1.82, 2.24) is 9.88 Å². The second kappa shape index (κ2) is 3.96. The molecule has 2 rings (SSSR count). The van der Waals surface area contributed by atoms with Crippen molar-refractivity contribution in [2.24, 2.45) is 0 Å². The number of nitrogen functional groups attached to an aromatic ring is 1. The normalized spacial score (nSPS) is 19.8. The zero-order chi connectivity index (χ0) is 9.97. The molecule has 3 nitrogen and oxygen atoms in total. The number of pyridine rings is 1. The molecule has 2 N–H and O–H groups in total. The van der Waals surface area contributed by atoms with Crippen molar-refractivity contribution in [3.63, 3.8) is 0 Å². The number of likely N-dealkylation sites (tertiary alicyclic amines) is 1. The highest BCUT2D eigenvalue weighted by atomic mass is 15.2. The first-order chi connectivity index (χ1) is 6.77. The largest absolute Gasteiger partial charge is 0.384 e. The van der Waals surface area contributed by atoms with Crippen LogP contribution in [0, 0.1) is 0 Å². The minimum Gasteiger partial charge on any atom is -0.384 e. The van der Waals surface area contributed by atoms with Crippen molar-refractivity contribution in [2.75, 3.05) is 18.8 Å². The molecule has 0 saturated carbocycles. The minimum atomic E-state index is 0.477. The van der Waals surface area contributed by atoms with Gasteiger partial charge in [-0.25, -0.2) is 4.98 Å². The highest BCUT2D eigenvalue weighted by Crippen LogP contribution is 2.23.